The quantitative estimate of drug-likeness (QED) is 0.685. The fourth-order valence-electron chi connectivity index (χ4n) is 1.66. The molecule has 0 aromatic carbocycles. The molecule has 0 atom stereocenters. The van der Waals surface area contributed by atoms with Gasteiger partial charge in [0.05, 0.1) is 16.9 Å². The van der Waals surface area contributed by atoms with Crippen LogP contribution >= 0.6 is 0 Å². The maximum Gasteiger partial charge on any atom is 0.500 e. The lowest BCUT2D eigenvalue weighted by Crippen LogP contribution is -2.44. The summed E-state index contributed by atoms with van der Waals surface area (Å²) in [5.41, 5.74) is 4.96. The zero-order valence-corrected chi connectivity index (χ0v) is 10.5. The van der Waals surface area contributed by atoms with Gasteiger partial charge in [0.25, 0.3) is 0 Å². The van der Waals surface area contributed by atoms with Crippen molar-refractivity contribution >= 4 is 18.3 Å². The molecule has 17 heavy (non-hydrogen) atoms. The number of nitrogens with two attached hydrogens (primary N) is 1. The van der Waals surface area contributed by atoms with Crippen molar-refractivity contribution in [2.24, 2.45) is 0 Å². The summed E-state index contributed by atoms with van der Waals surface area (Å²) in [6, 6.07) is 0. The molecule has 0 saturated carbocycles. The van der Waals surface area contributed by atoms with E-state index in [0.29, 0.717) is 5.46 Å². The number of pyridine rings is 1. The van der Waals surface area contributed by atoms with Crippen molar-refractivity contribution in [3.05, 3.63) is 22.6 Å². The molecule has 1 fully saturated rings. The van der Waals surface area contributed by atoms with Crippen LogP contribution in [-0.2, 0) is 9.31 Å². The van der Waals surface area contributed by atoms with E-state index in [-0.39, 0.29) is 11.1 Å². The number of nitrogen functional groups attached to an aromatic ring is 1. The third kappa shape index (κ3) is 1.87. The van der Waals surface area contributed by atoms with Gasteiger partial charge in [0, 0.05) is 17.9 Å². The van der Waals surface area contributed by atoms with Crippen LogP contribution in [0.4, 0.5) is 5.69 Å². The number of rotatable bonds is 1. The van der Waals surface area contributed by atoms with E-state index in [2.05, 4.69) is 4.98 Å². The predicted octanol–water partition coefficient (Wildman–Crippen LogP) is 0.256. The maximum atomic E-state index is 11.9. The van der Waals surface area contributed by atoms with Gasteiger partial charge < -0.3 is 20.0 Å². The predicted molar refractivity (Wildman–Crippen MR) is 67.2 cm³/mol. The Kier molecular flexibility index (Phi) is 2.59. The second-order valence-electron chi connectivity index (χ2n) is 5.28. The number of hydrogen-bond donors (Lipinski definition) is 2. The highest BCUT2D eigenvalue weighted by Crippen LogP contribution is 2.36. The molecule has 5 nitrogen and oxygen atoms in total. The fraction of sp³-hybridized carbons (Fsp3) is 0.545. The summed E-state index contributed by atoms with van der Waals surface area (Å²) in [4.78, 5) is 14.7. The van der Waals surface area contributed by atoms with Gasteiger partial charge in [0.1, 0.15) is 0 Å². The molecule has 2 heterocycles. The molecule has 1 aromatic heterocycles. The molecule has 0 amide bonds. The minimum Gasteiger partial charge on any atom is -0.399 e. The van der Waals surface area contributed by atoms with Crippen molar-refractivity contribution in [1.29, 1.82) is 0 Å². The molecule has 92 valence electrons. The molecule has 1 aliphatic rings. The Balaban J connectivity index is 2.39. The van der Waals surface area contributed by atoms with E-state index in [1.165, 1.54) is 6.20 Å². The third-order valence-corrected chi connectivity index (χ3v) is 3.51. The Bertz CT molecular complexity index is 480. The monoisotopic (exact) mass is 236 g/mol. The van der Waals surface area contributed by atoms with Crippen LogP contribution in [0.3, 0.4) is 0 Å². The number of hydrogen-bond acceptors (Lipinski definition) is 4. The number of aromatic amines is 1. The molecule has 0 unspecified atom stereocenters. The van der Waals surface area contributed by atoms with E-state index < -0.39 is 18.3 Å². The number of anilines is 1. The van der Waals surface area contributed by atoms with Gasteiger partial charge in [-0.3, -0.25) is 4.79 Å². The molecule has 0 bridgehead atoms. The summed E-state index contributed by atoms with van der Waals surface area (Å²) in [6.45, 7) is 7.75. The summed E-state index contributed by atoms with van der Waals surface area (Å²) in [5.74, 6) is 0. The van der Waals surface area contributed by atoms with Gasteiger partial charge in [-0.15, -0.1) is 0 Å². The summed E-state index contributed by atoms with van der Waals surface area (Å²) in [6.07, 6.45) is 3.03. The van der Waals surface area contributed by atoms with Gasteiger partial charge in [-0.1, -0.05) is 0 Å². The zero-order chi connectivity index (χ0) is 12.8. The first-order valence-corrected chi connectivity index (χ1v) is 5.57. The van der Waals surface area contributed by atoms with Crippen molar-refractivity contribution in [3.63, 3.8) is 0 Å². The van der Waals surface area contributed by atoms with E-state index in [4.69, 9.17) is 15.0 Å². The van der Waals surface area contributed by atoms with Crippen LogP contribution in [0.15, 0.2) is 17.2 Å². The molecular formula is C11H17BN2O3. The highest BCUT2D eigenvalue weighted by atomic mass is 16.7. The molecule has 0 aliphatic carbocycles. The lowest BCUT2D eigenvalue weighted by atomic mass is 9.80. The molecular weight excluding hydrogens is 219 g/mol. The van der Waals surface area contributed by atoms with E-state index in [1.807, 2.05) is 27.7 Å². The molecule has 2 rings (SSSR count). The van der Waals surface area contributed by atoms with Crippen LogP contribution in [0.25, 0.3) is 0 Å². The van der Waals surface area contributed by atoms with Crippen molar-refractivity contribution in [2.75, 3.05) is 5.73 Å². The lowest BCUT2D eigenvalue weighted by molar-refractivity contribution is 0.00578. The largest absolute Gasteiger partial charge is 0.500 e. The molecule has 6 heteroatoms. The molecule has 1 aliphatic heterocycles. The second kappa shape index (κ2) is 3.61. The normalized spacial score (nSPS) is 21.8. The molecule has 1 aromatic rings. The van der Waals surface area contributed by atoms with Crippen molar-refractivity contribution in [1.82, 2.24) is 4.98 Å². The average molecular weight is 236 g/mol. The Hall–Kier alpha value is -1.27. The minimum atomic E-state index is -0.674. The molecule has 1 saturated heterocycles. The first-order valence-electron chi connectivity index (χ1n) is 5.57. The van der Waals surface area contributed by atoms with Gasteiger partial charge in [-0.2, -0.15) is 0 Å². The standard InChI is InChI=1S/C11H17BN2O3/c1-10(2)11(3,4)17-12(16-10)7-5-14-6-8(13)9(7)15/h5-6H,13H2,1-4H3,(H,14,15). The fourth-order valence-corrected chi connectivity index (χ4v) is 1.66. The number of aromatic nitrogens is 1. The van der Waals surface area contributed by atoms with Crippen LogP contribution < -0.4 is 16.6 Å². The SMILES string of the molecule is CC1(C)OB(c2c[nH]cc(N)c2=O)OC1(C)C. The average Bonchev–Trinajstić information content (AvgIpc) is 2.40. The molecule has 0 spiro atoms. The van der Waals surface area contributed by atoms with Gasteiger partial charge >= 0.3 is 7.12 Å². The first-order chi connectivity index (χ1) is 7.74. The zero-order valence-electron chi connectivity index (χ0n) is 10.5. The smallest absolute Gasteiger partial charge is 0.399 e. The Labute approximate surface area is 100 Å². The van der Waals surface area contributed by atoms with Gasteiger partial charge in [0.2, 0.25) is 5.43 Å². The lowest BCUT2D eigenvalue weighted by Gasteiger charge is -2.32. The van der Waals surface area contributed by atoms with Crippen LogP contribution in [0.2, 0.25) is 0 Å². The molecule has 3 N–H and O–H groups in total. The van der Waals surface area contributed by atoms with Gasteiger partial charge in [0.15, 0.2) is 0 Å². The second-order valence-corrected chi connectivity index (χ2v) is 5.28. The van der Waals surface area contributed by atoms with Crippen LogP contribution in [0.1, 0.15) is 27.7 Å². The van der Waals surface area contributed by atoms with Crippen LogP contribution in [-0.4, -0.2) is 23.3 Å². The summed E-state index contributed by atoms with van der Waals surface area (Å²) < 4.78 is 11.6. The first kappa shape index (κ1) is 12.2. The van der Waals surface area contributed by atoms with E-state index in [1.54, 1.807) is 6.20 Å². The van der Waals surface area contributed by atoms with Crippen LogP contribution in [0, 0.1) is 0 Å². The highest BCUT2D eigenvalue weighted by molar-refractivity contribution is 6.62. The maximum absolute atomic E-state index is 11.9. The third-order valence-electron chi connectivity index (χ3n) is 3.51. The van der Waals surface area contributed by atoms with Gasteiger partial charge in [-0.25, -0.2) is 0 Å². The van der Waals surface area contributed by atoms with E-state index >= 15 is 0 Å². The van der Waals surface area contributed by atoms with Crippen LogP contribution in [0.5, 0.6) is 0 Å². The summed E-state index contributed by atoms with van der Waals surface area (Å²) in [5, 5.41) is 0. The Morgan fingerprint density at radius 2 is 1.71 bits per heavy atom. The highest BCUT2D eigenvalue weighted by Gasteiger charge is 2.52. The summed E-state index contributed by atoms with van der Waals surface area (Å²) in [7, 11) is -0.674. The van der Waals surface area contributed by atoms with Crippen molar-refractivity contribution in [3.8, 4) is 0 Å². The van der Waals surface area contributed by atoms with Gasteiger partial charge in [-0.05, 0) is 27.7 Å². The summed E-state index contributed by atoms with van der Waals surface area (Å²) >= 11 is 0. The topological polar surface area (TPSA) is 77.3 Å². The number of nitrogens with one attached hydrogen (secondary N) is 1. The molecule has 0 radical (unpaired) electrons. The Morgan fingerprint density at radius 3 is 2.24 bits per heavy atom. The van der Waals surface area contributed by atoms with Crippen molar-refractivity contribution < 1.29 is 9.31 Å². The number of H-pyrrole nitrogens is 1. The van der Waals surface area contributed by atoms with E-state index in [9.17, 15) is 4.79 Å². The minimum absolute atomic E-state index is 0.164. The Morgan fingerprint density at radius 1 is 1.18 bits per heavy atom. The van der Waals surface area contributed by atoms with E-state index in [0.717, 1.165) is 0 Å². The van der Waals surface area contributed by atoms with Crippen molar-refractivity contribution in [2.45, 2.75) is 38.9 Å².